The summed E-state index contributed by atoms with van der Waals surface area (Å²) >= 11 is 0.881. The van der Waals surface area contributed by atoms with Crippen LogP contribution in [0.2, 0.25) is 0 Å². The molecule has 0 radical (unpaired) electrons. The fourth-order valence-electron chi connectivity index (χ4n) is 0.967. The first kappa shape index (κ1) is 13.4. The maximum atomic E-state index is 11.7. The van der Waals surface area contributed by atoms with Crippen LogP contribution in [0.15, 0.2) is 16.3 Å². The predicted octanol–water partition coefficient (Wildman–Crippen LogP) is -0.434. The maximum absolute atomic E-state index is 11.7. The largest absolute Gasteiger partial charge is 0.352 e. The van der Waals surface area contributed by atoms with Gasteiger partial charge in [0.2, 0.25) is 10.0 Å². The highest BCUT2D eigenvalue weighted by Crippen LogP contribution is 2.20. The smallest absolute Gasteiger partial charge is 0.312 e. The average Bonchev–Trinajstić information content (AvgIpc) is 2.73. The van der Waals surface area contributed by atoms with Gasteiger partial charge >= 0.3 is 6.03 Å². The minimum atomic E-state index is -3.62. The first-order chi connectivity index (χ1) is 7.95. The molecule has 0 spiro atoms. The number of nitrogens with zero attached hydrogens (tertiary/aromatic N) is 1. The molecule has 0 saturated carbocycles. The van der Waals surface area contributed by atoms with E-state index >= 15 is 0 Å². The Kier molecular flexibility index (Phi) is 4.45. The first-order valence-electron chi connectivity index (χ1n) is 4.48. The van der Waals surface area contributed by atoms with Crippen LogP contribution in [0, 0.1) is 11.3 Å². The highest BCUT2D eigenvalue weighted by Gasteiger charge is 2.15. The topological polar surface area (TPSA) is 125 Å². The standard InChI is InChI=1S/C8H10N4O3S2/c9-5-6-1-2-7(16-6)17(14,15)12-4-3-11-8(10)13/h1-2,12H,3-4H2,(H3,10,11,13). The molecule has 0 aliphatic rings. The molecule has 0 atom stereocenters. The van der Waals surface area contributed by atoms with Gasteiger partial charge in [0.25, 0.3) is 0 Å². The molecule has 1 aromatic heterocycles. The molecular weight excluding hydrogens is 264 g/mol. The molecule has 4 N–H and O–H groups in total. The van der Waals surface area contributed by atoms with Gasteiger partial charge in [0.05, 0.1) is 0 Å². The van der Waals surface area contributed by atoms with Crippen molar-refractivity contribution in [2.24, 2.45) is 5.73 Å². The van der Waals surface area contributed by atoms with Gasteiger partial charge in [-0.15, -0.1) is 11.3 Å². The number of nitriles is 1. The van der Waals surface area contributed by atoms with Crippen LogP contribution in [-0.2, 0) is 10.0 Å². The van der Waals surface area contributed by atoms with Crippen molar-refractivity contribution in [2.45, 2.75) is 4.21 Å². The SMILES string of the molecule is N#Cc1ccc(S(=O)(=O)NCCNC(N)=O)s1. The van der Waals surface area contributed by atoms with E-state index in [4.69, 9.17) is 11.0 Å². The van der Waals surface area contributed by atoms with Crippen molar-refractivity contribution in [3.8, 4) is 6.07 Å². The molecule has 0 aliphatic heterocycles. The summed E-state index contributed by atoms with van der Waals surface area (Å²) in [5, 5.41) is 10.8. The van der Waals surface area contributed by atoms with Crippen LogP contribution < -0.4 is 15.8 Å². The summed E-state index contributed by atoms with van der Waals surface area (Å²) in [5.41, 5.74) is 4.81. The molecule has 1 heterocycles. The van der Waals surface area contributed by atoms with Crippen LogP contribution in [-0.4, -0.2) is 27.5 Å². The number of carbonyl (C=O) groups is 1. The molecule has 1 aromatic rings. The number of sulfonamides is 1. The number of primary amides is 1. The summed E-state index contributed by atoms with van der Waals surface area (Å²) in [5.74, 6) is 0. The number of thiophene rings is 1. The number of amides is 2. The van der Waals surface area contributed by atoms with Gasteiger partial charge in [0.1, 0.15) is 15.2 Å². The molecule has 0 aliphatic carbocycles. The third kappa shape index (κ3) is 4.03. The van der Waals surface area contributed by atoms with Crippen molar-refractivity contribution in [1.29, 1.82) is 5.26 Å². The highest BCUT2D eigenvalue weighted by molar-refractivity contribution is 7.91. The van der Waals surface area contributed by atoms with E-state index < -0.39 is 16.1 Å². The molecule has 0 saturated heterocycles. The Balaban J connectivity index is 2.57. The van der Waals surface area contributed by atoms with Crippen molar-refractivity contribution in [3.05, 3.63) is 17.0 Å². The number of hydrogen-bond donors (Lipinski definition) is 3. The summed E-state index contributed by atoms with van der Waals surface area (Å²) in [4.78, 5) is 10.7. The molecule has 2 amide bonds. The Labute approximate surface area is 102 Å². The van der Waals surface area contributed by atoms with Crippen molar-refractivity contribution < 1.29 is 13.2 Å². The molecule has 17 heavy (non-hydrogen) atoms. The van der Waals surface area contributed by atoms with Crippen LogP contribution in [0.5, 0.6) is 0 Å². The Morgan fingerprint density at radius 3 is 2.71 bits per heavy atom. The second-order valence-electron chi connectivity index (χ2n) is 2.92. The van der Waals surface area contributed by atoms with Crippen LogP contribution in [0.4, 0.5) is 4.79 Å². The van der Waals surface area contributed by atoms with Crippen molar-refractivity contribution in [2.75, 3.05) is 13.1 Å². The zero-order valence-electron chi connectivity index (χ0n) is 8.63. The first-order valence-corrected chi connectivity index (χ1v) is 6.78. The van der Waals surface area contributed by atoms with Crippen molar-refractivity contribution in [1.82, 2.24) is 10.0 Å². The van der Waals surface area contributed by atoms with Crippen molar-refractivity contribution >= 4 is 27.4 Å². The van der Waals surface area contributed by atoms with Gasteiger partial charge in [-0.1, -0.05) is 0 Å². The third-order valence-electron chi connectivity index (χ3n) is 1.67. The Morgan fingerprint density at radius 1 is 1.47 bits per heavy atom. The molecule has 9 heteroatoms. The molecule has 0 aromatic carbocycles. The Hall–Kier alpha value is -1.63. The number of rotatable bonds is 5. The summed E-state index contributed by atoms with van der Waals surface area (Å²) in [6.45, 7) is 0.135. The van der Waals surface area contributed by atoms with E-state index in [9.17, 15) is 13.2 Å². The number of hydrogen-bond acceptors (Lipinski definition) is 5. The van der Waals surface area contributed by atoms with E-state index in [1.54, 1.807) is 0 Å². The summed E-state index contributed by atoms with van der Waals surface area (Å²) < 4.78 is 25.6. The van der Waals surface area contributed by atoms with Gasteiger partial charge in [-0.3, -0.25) is 0 Å². The van der Waals surface area contributed by atoms with E-state index in [2.05, 4.69) is 10.0 Å². The Bertz CT molecular complexity index is 543. The zero-order chi connectivity index (χ0) is 12.9. The molecule has 0 fully saturated rings. The van der Waals surface area contributed by atoms with Gasteiger partial charge in [0.15, 0.2) is 0 Å². The normalized spacial score (nSPS) is 10.8. The molecule has 0 unspecified atom stereocenters. The predicted molar refractivity (Wildman–Crippen MR) is 61.8 cm³/mol. The lowest BCUT2D eigenvalue weighted by Crippen LogP contribution is -2.37. The minimum absolute atomic E-state index is 0.0328. The van der Waals surface area contributed by atoms with E-state index in [-0.39, 0.29) is 17.3 Å². The van der Waals surface area contributed by atoms with E-state index in [1.165, 1.54) is 12.1 Å². The second-order valence-corrected chi connectivity index (χ2v) is 6.00. The van der Waals surface area contributed by atoms with Gasteiger partial charge in [-0.25, -0.2) is 17.9 Å². The fraction of sp³-hybridized carbons (Fsp3) is 0.250. The van der Waals surface area contributed by atoms with Gasteiger partial charge < -0.3 is 11.1 Å². The number of nitrogens with one attached hydrogen (secondary N) is 2. The Morgan fingerprint density at radius 2 is 2.18 bits per heavy atom. The van der Waals surface area contributed by atoms with Gasteiger partial charge in [0, 0.05) is 13.1 Å². The second kappa shape index (κ2) is 5.62. The number of carbonyl (C=O) groups excluding carboxylic acids is 1. The highest BCUT2D eigenvalue weighted by atomic mass is 32.2. The molecule has 92 valence electrons. The molecule has 7 nitrogen and oxygen atoms in total. The monoisotopic (exact) mass is 274 g/mol. The summed E-state index contributed by atoms with van der Waals surface area (Å²) in [6, 6.07) is 3.92. The molecule has 1 rings (SSSR count). The minimum Gasteiger partial charge on any atom is -0.352 e. The van der Waals surface area contributed by atoms with Gasteiger partial charge in [-0.2, -0.15) is 5.26 Å². The van der Waals surface area contributed by atoms with E-state index in [0.717, 1.165) is 11.3 Å². The number of nitrogens with two attached hydrogens (primary N) is 1. The average molecular weight is 274 g/mol. The van der Waals surface area contributed by atoms with Gasteiger partial charge in [-0.05, 0) is 12.1 Å². The van der Waals surface area contributed by atoms with Crippen LogP contribution in [0.1, 0.15) is 4.88 Å². The lowest BCUT2D eigenvalue weighted by Gasteiger charge is -2.04. The zero-order valence-corrected chi connectivity index (χ0v) is 10.3. The fourth-order valence-corrected chi connectivity index (χ4v) is 3.15. The molecule has 0 bridgehead atoms. The van der Waals surface area contributed by atoms with E-state index in [0.29, 0.717) is 4.88 Å². The lowest BCUT2D eigenvalue weighted by molar-refractivity contribution is 0.249. The van der Waals surface area contributed by atoms with Crippen LogP contribution >= 0.6 is 11.3 Å². The van der Waals surface area contributed by atoms with Crippen LogP contribution in [0.25, 0.3) is 0 Å². The quantitative estimate of drug-likeness (QED) is 0.630. The van der Waals surface area contributed by atoms with E-state index in [1.807, 2.05) is 6.07 Å². The molecular formula is C8H10N4O3S2. The third-order valence-corrected chi connectivity index (χ3v) is 4.62. The summed E-state index contributed by atoms with van der Waals surface area (Å²) in [6.07, 6.45) is 0. The number of urea groups is 1. The van der Waals surface area contributed by atoms with Crippen molar-refractivity contribution in [3.63, 3.8) is 0 Å². The lowest BCUT2D eigenvalue weighted by atomic mass is 10.5. The maximum Gasteiger partial charge on any atom is 0.312 e. The van der Waals surface area contributed by atoms with Crippen LogP contribution in [0.3, 0.4) is 0 Å². The summed E-state index contributed by atoms with van der Waals surface area (Å²) in [7, 11) is -3.62.